The average molecular weight is 430 g/mol. The van der Waals surface area contributed by atoms with Gasteiger partial charge in [0.1, 0.15) is 0 Å². The molecule has 28 heavy (non-hydrogen) atoms. The van der Waals surface area contributed by atoms with Gasteiger partial charge in [-0.2, -0.15) is 0 Å². The van der Waals surface area contributed by atoms with Crippen LogP contribution in [0.15, 0.2) is 63.4 Å². The first-order valence-corrected chi connectivity index (χ1v) is 10.3. The van der Waals surface area contributed by atoms with Crippen LogP contribution < -0.4 is 5.32 Å². The van der Waals surface area contributed by atoms with Gasteiger partial charge in [-0.25, -0.2) is 0 Å². The predicted octanol–water partition coefficient (Wildman–Crippen LogP) is 4.79. The number of halogens is 1. The molecule has 0 aliphatic rings. The van der Waals surface area contributed by atoms with Crippen molar-refractivity contribution >= 4 is 45.7 Å². The Balaban J connectivity index is 1.35. The van der Waals surface area contributed by atoms with E-state index < -0.39 is 0 Å². The summed E-state index contributed by atoms with van der Waals surface area (Å²) in [5.41, 5.74) is 1.32. The first-order chi connectivity index (χ1) is 13.7. The van der Waals surface area contributed by atoms with Gasteiger partial charge in [0, 0.05) is 16.1 Å². The summed E-state index contributed by atoms with van der Waals surface area (Å²) in [5, 5.41) is 19.8. The number of hydrogen-bond donors (Lipinski definition) is 1. The molecule has 2 aromatic carbocycles. The van der Waals surface area contributed by atoms with Crippen molar-refractivity contribution in [2.75, 3.05) is 5.32 Å². The topological polar surface area (TPSA) is 93.8 Å². The molecule has 10 heteroatoms. The van der Waals surface area contributed by atoms with Crippen LogP contribution >= 0.6 is 34.7 Å². The summed E-state index contributed by atoms with van der Waals surface area (Å²) in [6.45, 7) is 0. The minimum absolute atomic E-state index is 0.292. The largest absolute Gasteiger partial charge is 0.420 e. The van der Waals surface area contributed by atoms with E-state index in [1.54, 1.807) is 24.3 Å². The number of carbonyl (C=O) groups excluding carboxylic acids is 1. The number of benzene rings is 2. The molecule has 0 unspecified atom stereocenters. The highest BCUT2D eigenvalue weighted by atomic mass is 35.5. The Morgan fingerprint density at radius 1 is 1.07 bits per heavy atom. The summed E-state index contributed by atoms with van der Waals surface area (Å²) in [4.78, 5) is 12.2. The van der Waals surface area contributed by atoms with Gasteiger partial charge >= 0.3 is 0 Å². The van der Waals surface area contributed by atoms with E-state index in [9.17, 15) is 4.79 Å². The maximum Gasteiger partial charge on any atom is 0.257 e. The van der Waals surface area contributed by atoms with Crippen molar-refractivity contribution in [3.8, 4) is 11.5 Å². The van der Waals surface area contributed by atoms with Gasteiger partial charge in [-0.3, -0.25) is 10.1 Å². The molecule has 4 rings (SSSR count). The number of hydrogen-bond acceptors (Lipinski definition) is 8. The van der Waals surface area contributed by atoms with E-state index in [0.717, 1.165) is 5.56 Å². The molecular weight excluding hydrogens is 418 g/mol. The molecule has 0 aliphatic carbocycles. The van der Waals surface area contributed by atoms with Gasteiger partial charge in [0.25, 0.3) is 5.91 Å². The summed E-state index contributed by atoms with van der Waals surface area (Å²) in [7, 11) is 0. The second-order valence-corrected chi connectivity index (χ2v) is 8.13. The van der Waals surface area contributed by atoms with Crippen LogP contribution in [-0.4, -0.2) is 26.3 Å². The number of carbonyl (C=O) groups is 1. The monoisotopic (exact) mass is 429 g/mol. The van der Waals surface area contributed by atoms with Crippen LogP contribution in [0, 0.1) is 0 Å². The number of anilines is 1. The van der Waals surface area contributed by atoms with Gasteiger partial charge in [-0.1, -0.05) is 59.0 Å². The fourth-order valence-corrected chi connectivity index (χ4v) is 4.02. The number of thioether (sulfide) groups is 1. The number of rotatable bonds is 6. The van der Waals surface area contributed by atoms with Crippen LogP contribution in [0.5, 0.6) is 0 Å². The van der Waals surface area contributed by atoms with Gasteiger partial charge in [0.15, 0.2) is 4.34 Å². The number of nitrogens with zero attached hydrogens (tertiary/aromatic N) is 4. The van der Waals surface area contributed by atoms with Gasteiger partial charge < -0.3 is 4.42 Å². The molecule has 4 aromatic rings. The molecule has 0 saturated carbocycles. The van der Waals surface area contributed by atoms with Crippen LogP contribution in [0.1, 0.15) is 16.2 Å². The van der Waals surface area contributed by atoms with Crippen LogP contribution in [0.3, 0.4) is 0 Å². The molecular formula is C18H12ClN5O2S2. The summed E-state index contributed by atoms with van der Waals surface area (Å²) in [6.07, 6.45) is 0. The third-order valence-electron chi connectivity index (χ3n) is 3.52. The highest BCUT2D eigenvalue weighted by Crippen LogP contribution is 2.29. The average Bonchev–Trinajstić information content (AvgIpc) is 3.36. The Labute approximate surface area is 173 Å². The van der Waals surface area contributed by atoms with Crippen molar-refractivity contribution in [3.63, 3.8) is 0 Å². The van der Waals surface area contributed by atoms with Gasteiger partial charge in [-0.15, -0.1) is 20.4 Å². The van der Waals surface area contributed by atoms with E-state index in [1.807, 2.05) is 30.3 Å². The lowest BCUT2D eigenvalue weighted by atomic mass is 10.2. The van der Waals surface area contributed by atoms with Crippen molar-refractivity contribution < 1.29 is 9.21 Å². The summed E-state index contributed by atoms with van der Waals surface area (Å²) < 4.78 is 6.34. The third kappa shape index (κ3) is 4.56. The molecule has 2 heterocycles. The van der Waals surface area contributed by atoms with Crippen molar-refractivity contribution in [2.24, 2.45) is 0 Å². The molecule has 0 fully saturated rings. The number of amides is 1. The second-order valence-electron chi connectivity index (χ2n) is 5.49. The zero-order valence-corrected chi connectivity index (χ0v) is 16.6. The number of nitrogens with one attached hydrogen (secondary N) is 1. The lowest BCUT2D eigenvalue weighted by molar-refractivity contribution is 0.102. The van der Waals surface area contributed by atoms with E-state index in [2.05, 4.69) is 25.7 Å². The van der Waals surface area contributed by atoms with Gasteiger partial charge in [0.2, 0.25) is 16.9 Å². The second kappa shape index (κ2) is 8.51. The van der Waals surface area contributed by atoms with Crippen LogP contribution in [0.4, 0.5) is 5.13 Å². The van der Waals surface area contributed by atoms with Gasteiger partial charge in [-0.05, 0) is 30.3 Å². The molecule has 0 bridgehead atoms. The summed E-state index contributed by atoms with van der Waals surface area (Å²) >= 11 is 8.58. The number of aromatic nitrogens is 4. The Morgan fingerprint density at radius 3 is 2.75 bits per heavy atom. The van der Waals surface area contributed by atoms with Crippen LogP contribution in [0.25, 0.3) is 11.5 Å². The zero-order valence-electron chi connectivity index (χ0n) is 14.2. The molecule has 0 radical (unpaired) electrons. The Morgan fingerprint density at radius 2 is 1.93 bits per heavy atom. The highest BCUT2D eigenvalue weighted by Gasteiger charge is 2.13. The minimum Gasteiger partial charge on any atom is -0.420 e. The van der Waals surface area contributed by atoms with Crippen molar-refractivity contribution in [2.45, 2.75) is 10.1 Å². The first-order valence-electron chi connectivity index (χ1n) is 8.08. The Hall–Kier alpha value is -2.75. The standard InChI is InChI=1S/C18H12ClN5O2S2/c19-13-8-4-7-12(9-13)15(25)20-17-23-24-18(28-17)27-10-14-21-22-16(26-14)11-5-2-1-3-6-11/h1-9H,10H2,(H,20,23,25). The first kappa shape index (κ1) is 18.6. The van der Waals surface area contributed by atoms with Crippen LogP contribution in [-0.2, 0) is 5.75 Å². The lowest BCUT2D eigenvalue weighted by Crippen LogP contribution is -2.11. The molecule has 2 aromatic heterocycles. The van der Waals surface area contributed by atoms with Gasteiger partial charge in [0.05, 0.1) is 5.75 Å². The fourth-order valence-electron chi connectivity index (χ4n) is 2.25. The fraction of sp³-hybridized carbons (Fsp3) is 0.0556. The van der Waals surface area contributed by atoms with E-state index in [0.29, 0.717) is 37.6 Å². The molecule has 1 N–H and O–H groups in total. The Kier molecular flexibility index (Phi) is 5.65. The molecule has 7 nitrogen and oxygen atoms in total. The smallest absolute Gasteiger partial charge is 0.257 e. The SMILES string of the molecule is O=C(Nc1nnc(SCc2nnc(-c3ccccc3)o2)s1)c1cccc(Cl)c1. The Bertz CT molecular complexity index is 1100. The normalized spacial score (nSPS) is 10.8. The van der Waals surface area contributed by atoms with E-state index in [1.165, 1.54) is 23.1 Å². The van der Waals surface area contributed by atoms with Crippen molar-refractivity contribution in [1.29, 1.82) is 0 Å². The molecule has 0 aliphatic heterocycles. The van der Waals surface area contributed by atoms with Crippen LogP contribution in [0.2, 0.25) is 5.02 Å². The lowest BCUT2D eigenvalue weighted by Gasteiger charge is -2.00. The summed E-state index contributed by atoms with van der Waals surface area (Å²) in [5.74, 6) is 1.13. The van der Waals surface area contributed by atoms with E-state index in [-0.39, 0.29) is 5.91 Å². The minimum atomic E-state index is -0.292. The summed E-state index contributed by atoms with van der Waals surface area (Å²) in [6, 6.07) is 16.3. The highest BCUT2D eigenvalue weighted by molar-refractivity contribution is 8.00. The molecule has 140 valence electrons. The van der Waals surface area contributed by atoms with Crippen molar-refractivity contribution in [1.82, 2.24) is 20.4 Å². The maximum absolute atomic E-state index is 12.2. The molecule has 0 atom stereocenters. The molecule has 0 saturated heterocycles. The maximum atomic E-state index is 12.2. The van der Waals surface area contributed by atoms with Crippen molar-refractivity contribution in [3.05, 3.63) is 71.1 Å². The predicted molar refractivity (Wildman–Crippen MR) is 109 cm³/mol. The van der Waals surface area contributed by atoms with E-state index >= 15 is 0 Å². The van der Waals surface area contributed by atoms with E-state index in [4.69, 9.17) is 16.0 Å². The quantitative estimate of drug-likeness (QED) is 0.348. The third-order valence-corrected chi connectivity index (χ3v) is 5.71. The molecule has 1 amide bonds. The molecule has 0 spiro atoms. The zero-order chi connectivity index (χ0) is 19.3.